The third-order valence-electron chi connectivity index (χ3n) is 1.64. The minimum atomic E-state index is -1.97. The molecule has 0 bridgehead atoms. The Hall–Kier alpha value is -1.84. The molecule has 0 amide bonds. The van der Waals surface area contributed by atoms with Crippen LogP contribution in [-0.2, 0) is 0 Å². The van der Waals surface area contributed by atoms with Gasteiger partial charge in [0.25, 0.3) is 5.95 Å². The summed E-state index contributed by atoms with van der Waals surface area (Å²) < 4.78 is 50.8. The monoisotopic (exact) mass is 219 g/mol. The van der Waals surface area contributed by atoms with E-state index in [1.165, 1.54) is 7.05 Å². The molecular weight excluding hydrogens is 214 g/mol. The predicted octanol–water partition coefficient (Wildman–Crippen LogP) is 1.60. The summed E-state index contributed by atoms with van der Waals surface area (Å²) in [6.45, 7) is -0.325. The van der Waals surface area contributed by atoms with Gasteiger partial charge in [-0.05, 0) is 0 Å². The number of halogens is 4. The van der Waals surface area contributed by atoms with Crippen LogP contribution in [-0.4, -0.2) is 18.6 Å². The highest BCUT2D eigenvalue weighted by molar-refractivity contribution is 5.40. The van der Waals surface area contributed by atoms with E-state index in [4.69, 9.17) is 5.26 Å². The van der Waals surface area contributed by atoms with E-state index in [0.717, 1.165) is 4.90 Å². The number of nitriles is 1. The van der Waals surface area contributed by atoms with Crippen molar-refractivity contribution in [3.05, 3.63) is 23.4 Å². The van der Waals surface area contributed by atoms with E-state index in [1.807, 2.05) is 0 Å². The second-order valence-electron chi connectivity index (χ2n) is 2.68. The Labute approximate surface area is 82.6 Å². The lowest BCUT2D eigenvalue weighted by Crippen LogP contribution is -2.21. The lowest BCUT2D eigenvalue weighted by Gasteiger charge is -2.14. The minimum Gasteiger partial charge on any atom is -0.344 e. The Morgan fingerprint density at radius 1 is 1.20 bits per heavy atom. The molecule has 0 radical (unpaired) electrons. The van der Waals surface area contributed by atoms with E-state index >= 15 is 0 Å². The zero-order valence-corrected chi connectivity index (χ0v) is 7.56. The molecule has 1 heterocycles. The third-order valence-corrected chi connectivity index (χ3v) is 1.64. The molecule has 0 aliphatic heterocycles. The van der Waals surface area contributed by atoms with Crippen LogP contribution < -0.4 is 4.90 Å². The van der Waals surface area contributed by atoms with E-state index < -0.39 is 29.2 Å². The van der Waals surface area contributed by atoms with Crippen LogP contribution in [0.2, 0.25) is 0 Å². The van der Waals surface area contributed by atoms with Crippen LogP contribution in [0.1, 0.15) is 0 Å². The highest BCUT2D eigenvalue weighted by Gasteiger charge is 2.22. The number of aromatic nitrogens is 1. The van der Waals surface area contributed by atoms with Gasteiger partial charge in [0.1, 0.15) is 6.54 Å². The SMILES string of the molecule is CN(CC#N)c1nc(F)c(F)c(F)c1F. The van der Waals surface area contributed by atoms with Crippen molar-refractivity contribution in [1.82, 2.24) is 4.98 Å². The highest BCUT2D eigenvalue weighted by Crippen LogP contribution is 2.21. The maximum Gasteiger partial charge on any atom is 0.254 e. The molecule has 1 aromatic rings. The second-order valence-corrected chi connectivity index (χ2v) is 2.68. The van der Waals surface area contributed by atoms with Gasteiger partial charge in [-0.25, -0.2) is 4.39 Å². The molecule has 3 nitrogen and oxygen atoms in total. The van der Waals surface area contributed by atoms with Gasteiger partial charge in [-0.15, -0.1) is 0 Å². The van der Waals surface area contributed by atoms with Crippen molar-refractivity contribution in [3.8, 4) is 6.07 Å². The van der Waals surface area contributed by atoms with E-state index in [0.29, 0.717) is 0 Å². The second kappa shape index (κ2) is 4.13. The number of hydrogen-bond acceptors (Lipinski definition) is 3. The fourth-order valence-electron chi connectivity index (χ4n) is 0.910. The summed E-state index contributed by atoms with van der Waals surface area (Å²) in [6, 6.07) is 1.63. The van der Waals surface area contributed by atoms with Crippen molar-refractivity contribution in [3.63, 3.8) is 0 Å². The smallest absolute Gasteiger partial charge is 0.254 e. The maximum atomic E-state index is 13.0. The third kappa shape index (κ3) is 1.98. The number of pyridine rings is 1. The van der Waals surface area contributed by atoms with Gasteiger partial charge in [-0.1, -0.05) is 0 Å². The molecule has 0 unspecified atom stereocenters. The summed E-state index contributed by atoms with van der Waals surface area (Å²) in [4.78, 5) is 3.73. The first kappa shape index (κ1) is 11.2. The van der Waals surface area contributed by atoms with Gasteiger partial charge in [0.2, 0.25) is 17.5 Å². The molecule has 0 aliphatic carbocycles. The predicted molar refractivity (Wildman–Crippen MR) is 43.0 cm³/mol. The van der Waals surface area contributed by atoms with Crippen LogP contribution in [0.5, 0.6) is 0 Å². The number of nitrogens with zero attached hydrogens (tertiary/aromatic N) is 3. The van der Waals surface area contributed by atoms with Crippen LogP contribution in [0.25, 0.3) is 0 Å². The fraction of sp³-hybridized carbons (Fsp3) is 0.250. The van der Waals surface area contributed by atoms with Crippen molar-refractivity contribution in [2.75, 3.05) is 18.5 Å². The van der Waals surface area contributed by atoms with Crippen molar-refractivity contribution < 1.29 is 17.6 Å². The first-order chi connectivity index (χ1) is 6.99. The highest BCUT2D eigenvalue weighted by atomic mass is 19.2. The summed E-state index contributed by atoms with van der Waals surface area (Å²) in [5.74, 6) is -8.02. The van der Waals surface area contributed by atoms with Gasteiger partial charge in [0.05, 0.1) is 6.07 Å². The standard InChI is InChI=1S/C8H5F4N3/c1-15(3-2-13)8-6(11)4(9)5(10)7(12)14-8/h3H2,1H3. The van der Waals surface area contributed by atoms with E-state index in [-0.39, 0.29) is 6.54 Å². The van der Waals surface area contributed by atoms with E-state index in [9.17, 15) is 17.6 Å². The number of hydrogen-bond donors (Lipinski definition) is 0. The molecule has 0 atom stereocenters. The van der Waals surface area contributed by atoms with Crippen LogP contribution in [0.3, 0.4) is 0 Å². The summed E-state index contributed by atoms with van der Waals surface area (Å²) >= 11 is 0. The van der Waals surface area contributed by atoms with Crippen molar-refractivity contribution in [2.24, 2.45) is 0 Å². The topological polar surface area (TPSA) is 39.9 Å². The van der Waals surface area contributed by atoms with Crippen molar-refractivity contribution in [2.45, 2.75) is 0 Å². The Balaban J connectivity index is 3.27. The van der Waals surface area contributed by atoms with Gasteiger partial charge < -0.3 is 4.90 Å². The first-order valence-corrected chi connectivity index (χ1v) is 3.77. The van der Waals surface area contributed by atoms with Gasteiger partial charge in [-0.2, -0.15) is 23.4 Å². The molecule has 15 heavy (non-hydrogen) atoms. The molecule has 1 rings (SSSR count). The van der Waals surface area contributed by atoms with Crippen molar-refractivity contribution >= 4 is 5.82 Å². The van der Waals surface area contributed by atoms with Crippen molar-refractivity contribution in [1.29, 1.82) is 5.26 Å². The molecule has 0 saturated heterocycles. The molecule has 0 fully saturated rings. The quantitative estimate of drug-likeness (QED) is 0.431. The van der Waals surface area contributed by atoms with Gasteiger partial charge in [-0.3, -0.25) is 0 Å². The molecule has 0 aliphatic rings. The molecule has 0 N–H and O–H groups in total. The average Bonchev–Trinajstić information content (AvgIpc) is 2.20. The summed E-state index contributed by atoms with van der Waals surface area (Å²) in [6.07, 6.45) is 0. The molecule has 0 saturated carbocycles. The lowest BCUT2D eigenvalue weighted by atomic mass is 10.3. The first-order valence-electron chi connectivity index (χ1n) is 3.77. The van der Waals surface area contributed by atoms with Crippen LogP contribution in [0, 0.1) is 34.7 Å². The minimum absolute atomic E-state index is 0.325. The Bertz CT molecular complexity index is 427. The average molecular weight is 219 g/mol. The van der Waals surface area contributed by atoms with Crippen LogP contribution in [0.4, 0.5) is 23.4 Å². The summed E-state index contributed by atoms with van der Waals surface area (Å²) in [5.41, 5.74) is 0. The van der Waals surface area contributed by atoms with Crippen LogP contribution in [0.15, 0.2) is 0 Å². The number of rotatable bonds is 2. The van der Waals surface area contributed by atoms with Gasteiger partial charge in [0, 0.05) is 7.05 Å². The molecule has 80 valence electrons. The normalized spacial score (nSPS) is 9.87. The molecular formula is C8H5F4N3. The Morgan fingerprint density at radius 3 is 2.33 bits per heavy atom. The Morgan fingerprint density at radius 2 is 1.80 bits per heavy atom. The van der Waals surface area contributed by atoms with Gasteiger partial charge in [0.15, 0.2) is 5.82 Å². The van der Waals surface area contributed by atoms with Crippen LogP contribution >= 0.6 is 0 Å². The lowest BCUT2D eigenvalue weighted by molar-refractivity contribution is 0.391. The van der Waals surface area contributed by atoms with E-state index in [2.05, 4.69) is 4.98 Å². The zero-order chi connectivity index (χ0) is 11.6. The molecule has 0 aromatic carbocycles. The molecule has 7 heteroatoms. The molecule has 1 aromatic heterocycles. The number of anilines is 1. The fourth-order valence-corrected chi connectivity index (χ4v) is 0.910. The van der Waals surface area contributed by atoms with E-state index in [1.54, 1.807) is 6.07 Å². The molecule has 0 spiro atoms. The Kier molecular flexibility index (Phi) is 3.09. The van der Waals surface area contributed by atoms with Gasteiger partial charge >= 0.3 is 0 Å². The maximum absolute atomic E-state index is 13.0. The summed E-state index contributed by atoms with van der Waals surface area (Å²) in [5, 5.41) is 8.28. The summed E-state index contributed by atoms with van der Waals surface area (Å²) in [7, 11) is 1.20. The largest absolute Gasteiger partial charge is 0.344 e. The zero-order valence-electron chi connectivity index (χ0n) is 7.56.